The van der Waals surface area contributed by atoms with Gasteiger partial charge in [-0.3, -0.25) is 9.69 Å². The van der Waals surface area contributed by atoms with Crippen molar-refractivity contribution in [1.29, 1.82) is 0 Å². The molecule has 0 aliphatic carbocycles. The van der Waals surface area contributed by atoms with Crippen LogP contribution in [0.4, 0.5) is 0 Å². The highest BCUT2D eigenvalue weighted by molar-refractivity contribution is 5.69. The lowest BCUT2D eigenvalue weighted by molar-refractivity contribution is -0.141. The molecule has 0 radical (unpaired) electrons. The van der Waals surface area contributed by atoms with Crippen LogP contribution in [-0.4, -0.2) is 50.3 Å². The van der Waals surface area contributed by atoms with Crippen LogP contribution in [0, 0.1) is 11.8 Å². The largest absolute Gasteiger partial charge is 0.469 e. The van der Waals surface area contributed by atoms with Crippen molar-refractivity contribution in [1.82, 2.24) is 4.90 Å². The molecule has 102 valence electrons. The maximum Gasteiger partial charge on any atom is 0.306 e. The Hall–Kier alpha value is -1.05. The maximum absolute atomic E-state index is 11.2. The number of hydrogen-bond acceptors (Lipinski definition) is 4. The van der Waals surface area contributed by atoms with Crippen molar-refractivity contribution >= 4 is 5.97 Å². The van der Waals surface area contributed by atoms with Gasteiger partial charge in [-0.2, -0.15) is 0 Å². The van der Waals surface area contributed by atoms with E-state index in [1.54, 1.807) is 0 Å². The summed E-state index contributed by atoms with van der Waals surface area (Å²) in [4.78, 5) is 13.4. The fourth-order valence-corrected chi connectivity index (χ4v) is 2.06. The predicted octanol–water partition coefficient (Wildman–Crippen LogP) is 1.44. The normalized spacial score (nSPS) is 18.5. The molecule has 1 rings (SSSR count). The molecule has 4 nitrogen and oxygen atoms in total. The van der Waals surface area contributed by atoms with Crippen molar-refractivity contribution < 1.29 is 14.3 Å². The summed E-state index contributed by atoms with van der Waals surface area (Å²) in [6.07, 6.45) is 3.85. The van der Waals surface area contributed by atoms with Crippen LogP contribution in [0.2, 0.25) is 0 Å². The van der Waals surface area contributed by atoms with Gasteiger partial charge in [-0.15, -0.1) is 11.8 Å². The summed E-state index contributed by atoms with van der Waals surface area (Å²) in [6, 6.07) is 0. The predicted molar refractivity (Wildman–Crippen MR) is 70.1 cm³/mol. The maximum atomic E-state index is 11.2. The highest BCUT2D eigenvalue weighted by Gasteiger charge is 2.19. The van der Waals surface area contributed by atoms with Gasteiger partial charge in [0.1, 0.15) is 0 Å². The third kappa shape index (κ3) is 6.04. The van der Waals surface area contributed by atoms with E-state index in [0.717, 1.165) is 45.5 Å². The van der Waals surface area contributed by atoms with Gasteiger partial charge in [0.25, 0.3) is 0 Å². The van der Waals surface area contributed by atoms with Gasteiger partial charge < -0.3 is 9.47 Å². The number of methoxy groups -OCH3 is 1. The van der Waals surface area contributed by atoms with Gasteiger partial charge in [-0.1, -0.05) is 0 Å². The van der Waals surface area contributed by atoms with Crippen LogP contribution >= 0.6 is 0 Å². The summed E-state index contributed by atoms with van der Waals surface area (Å²) in [5, 5.41) is 0. The minimum absolute atomic E-state index is 0.158. The Kier molecular flexibility index (Phi) is 7.47. The Morgan fingerprint density at radius 3 is 2.94 bits per heavy atom. The average molecular weight is 253 g/mol. The number of nitrogens with zero attached hydrogens (tertiary/aromatic N) is 1. The van der Waals surface area contributed by atoms with E-state index in [9.17, 15) is 4.79 Å². The zero-order valence-electron chi connectivity index (χ0n) is 11.4. The molecule has 18 heavy (non-hydrogen) atoms. The molecule has 1 unspecified atom stereocenters. The van der Waals surface area contributed by atoms with Crippen molar-refractivity contribution in [3.05, 3.63) is 0 Å². The molecule has 1 heterocycles. The molecule has 0 aromatic carbocycles. The van der Waals surface area contributed by atoms with Crippen LogP contribution in [-0.2, 0) is 14.3 Å². The Balaban J connectivity index is 2.33. The lowest BCUT2D eigenvalue weighted by Gasteiger charge is -2.23. The molecule has 0 spiro atoms. The van der Waals surface area contributed by atoms with E-state index in [0.29, 0.717) is 12.5 Å². The molecule has 1 fully saturated rings. The molecule has 4 heteroatoms. The SMILES string of the molecule is CC#CCCN(CCC(=O)OC)CC1CCCO1. The van der Waals surface area contributed by atoms with E-state index < -0.39 is 0 Å². The summed E-state index contributed by atoms with van der Waals surface area (Å²) in [5.74, 6) is 5.79. The molecule has 1 aliphatic heterocycles. The minimum atomic E-state index is -0.158. The lowest BCUT2D eigenvalue weighted by atomic mass is 10.2. The Morgan fingerprint density at radius 1 is 1.50 bits per heavy atom. The fourth-order valence-electron chi connectivity index (χ4n) is 2.06. The quantitative estimate of drug-likeness (QED) is 0.508. The lowest BCUT2D eigenvalue weighted by Crippen LogP contribution is -2.34. The number of hydrogen-bond donors (Lipinski definition) is 0. The van der Waals surface area contributed by atoms with Crippen LogP contribution in [0.15, 0.2) is 0 Å². The molecule has 0 N–H and O–H groups in total. The van der Waals surface area contributed by atoms with Gasteiger partial charge in [-0.25, -0.2) is 0 Å². The van der Waals surface area contributed by atoms with Gasteiger partial charge in [-0.05, 0) is 19.8 Å². The number of carbonyl (C=O) groups is 1. The Labute approximate surface area is 110 Å². The smallest absolute Gasteiger partial charge is 0.306 e. The number of rotatable bonds is 7. The molecular weight excluding hydrogens is 230 g/mol. The zero-order chi connectivity index (χ0) is 13.2. The first-order valence-corrected chi connectivity index (χ1v) is 6.56. The van der Waals surface area contributed by atoms with Crippen molar-refractivity contribution in [3.63, 3.8) is 0 Å². The molecular formula is C14H23NO3. The van der Waals surface area contributed by atoms with Crippen LogP contribution < -0.4 is 0 Å². The molecule has 0 aromatic heterocycles. The van der Waals surface area contributed by atoms with Crippen LogP contribution in [0.5, 0.6) is 0 Å². The second-order valence-corrected chi connectivity index (χ2v) is 4.44. The Bertz CT molecular complexity index is 300. The molecule has 1 aliphatic rings. The highest BCUT2D eigenvalue weighted by atomic mass is 16.5. The summed E-state index contributed by atoms with van der Waals surface area (Å²) >= 11 is 0. The third-order valence-corrected chi connectivity index (χ3v) is 3.08. The van der Waals surface area contributed by atoms with Gasteiger partial charge in [0.15, 0.2) is 0 Å². The molecule has 0 saturated carbocycles. The summed E-state index contributed by atoms with van der Waals surface area (Å²) < 4.78 is 10.3. The number of esters is 1. The first-order chi connectivity index (χ1) is 8.76. The molecule has 1 saturated heterocycles. The average Bonchev–Trinajstić information content (AvgIpc) is 2.88. The van der Waals surface area contributed by atoms with E-state index in [4.69, 9.17) is 4.74 Å². The van der Waals surface area contributed by atoms with E-state index in [-0.39, 0.29) is 5.97 Å². The van der Waals surface area contributed by atoms with Crippen LogP contribution in [0.1, 0.15) is 32.6 Å². The first-order valence-electron chi connectivity index (χ1n) is 6.56. The molecule has 0 aromatic rings. The van der Waals surface area contributed by atoms with Crippen LogP contribution in [0.25, 0.3) is 0 Å². The van der Waals surface area contributed by atoms with Crippen molar-refractivity contribution in [2.24, 2.45) is 0 Å². The summed E-state index contributed by atoms with van der Waals surface area (Å²) in [5.41, 5.74) is 0. The van der Waals surface area contributed by atoms with Crippen molar-refractivity contribution in [2.75, 3.05) is 33.4 Å². The van der Waals surface area contributed by atoms with Gasteiger partial charge in [0, 0.05) is 32.7 Å². The second kappa shape index (κ2) is 8.96. The summed E-state index contributed by atoms with van der Waals surface area (Å²) in [7, 11) is 1.43. The second-order valence-electron chi connectivity index (χ2n) is 4.44. The topological polar surface area (TPSA) is 38.8 Å². The van der Waals surface area contributed by atoms with Crippen molar-refractivity contribution in [3.8, 4) is 11.8 Å². The third-order valence-electron chi connectivity index (χ3n) is 3.08. The Morgan fingerprint density at radius 2 is 2.33 bits per heavy atom. The number of carbonyl (C=O) groups excluding carboxylic acids is 1. The molecule has 1 atom stereocenters. The highest BCUT2D eigenvalue weighted by Crippen LogP contribution is 2.13. The first kappa shape index (κ1) is 15.0. The van der Waals surface area contributed by atoms with E-state index in [1.807, 2.05) is 6.92 Å². The zero-order valence-corrected chi connectivity index (χ0v) is 11.4. The standard InChI is InChI=1S/C14H23NO3/c1-3-4-5-9-15(10-8-14(16)17-2)12-13-7-6-11-18-13/h13H,5-12H2,1-2H3. The minimum Gasteiger partial charge on any atom is -0.469 e. The molecule has 0 amide bonds. The van der Waals surface area contributed by atoms with E-state index >= 15 is 0 Å². The van der Waals surface area contributed by atoms with Crippen LogP contribution in [0.3, 0.4) is 0 Å². The molecule has 0 bridgehead atoms. The monoisotopic (exact) mass is 253 g/mol. The number of ether oxygens (including phenoxy) is 2. The van der Waals surface area contributed by atoms with E-state index in [2.05, 4.69) is 21.5 Å². The van der Waals surface area contributed by atoms with E-state index in [1.165, 1.54) is 7.11 Å². The van der Waals surface area contributed by atoms with Gasteiger partial charge in [0.2, 0.25) is 0 Å². The van der Waals surface area contributed by atoms with Gasteiger partial charge in [0.05, 0.1) is 19.6 Å². The summed E-state index contributed by atoms with van der Waals surface area (Å²) in [6.45, 7) is 5.21. The van der Waals surface area contributed by atoms with Crippen molar-refractivity contribution in [2.45, 2.75) is 38.7 Å². The fraction of sp³-hybridized carbons (Fsp3) is 0.786. The van der Waals surface area contributed by atoms with Gasteiger partial charge >= 0.3 is 5.97 Å².